The Labute approximate surface area is 149 Å². The molecule has 0 aliphatic heterocycles. The van der Waals surface area contributed by atoms with E-state index in [1.165, 1.54) is 23.1 Å². The number of hydrogen-bond donors (Lipinski definition) is 0. The van der Waals surface area contributed by atoms with Crippen molar-refractivity contribution in [1.29, 1.82) is 0 Å². The van der Waals surface area contributed by atoms with Gasteiger partial charge in [-0.1, -0.05) is 83.8 Å². The molecule has 1 amide bonds. The van der Waals surface area contributed by atoms with Gasteiger partial charge in [-0.3, -0.25) is 4.79 Å². The zero-order valence-electron chi connectivity index (χ0n) is 13.0. The molecule has 0 spiro atoms. The third-order valence-corrected chi connectivity index (χ3v) is 5.29. The summed E-state index contributed by atoms with van der Waals surface area (Å²) >= 11 is 2.89. The maximum absolute atomic E-state index is 12.7. The van der Waals surface area contributed by atoms with Crippen LogP contribution >= 0.6 is 23.1 Å². The molecule has 3 aromatic rings. The van der Waals surface area contributed by atoms with Crippen LogP contribution in [-0.4, -0.2) is 26.8 Å². The molecule has 0 aliphatic rings. The van der Waals surface area contributed by atoms with Crippen LogP contribution in [0.4, 0.5) is 0 Å². The molecule has 6 heteroatoms. The molecule has 0 saturated carbocycles. The van der Waals surface area contributed by atoms with Gasteiger partial charge in [-0.15, -0.1) is 10.2 Å². The summed E-state index contributed by atoms with van der Waals surface area (Å²) in [7, 11) is 0. The van der Waals surface area contributed by atoms with Crippen LogP contribution in [0.5, 0.6) is 0 Å². The van der Waals surface area contributed by atoms with E-state index in [4.69, 9.17) is 0 Å². The van der Waals surface area contributed by atoms with Crippen molar-refractivity contribution in [2.75, 3.05) is 5.75 Å². The smallest absolute Gasteiger partial charge is 0.233 e. The minimum Gasteiger partial charge on any atom is -0.333 e. The molecule has 0 N–H and O–H groups in total. The van der Waals surface area contributed by atoms with Crippen LogP contribution in [0.25, 0.3) is 0 Å². The standard InChI is InChI=1S/C18H17N3OS2/c22-17(13-23-18-20-19-14-24-18)21(11-15-7-3-1-4-8-15)12-16-9-5-2-6-10-16/h1-10,14H,11-13H2. The Kier molecular flexibility index (Phi) is 5.98. The molecule has 1 aromatic heterocycles. The number of hydrogen-bond acceptors (Lipinski definition) is 5. The lowest BCUT2D eigenvalue weighted by atomic mass is 10.1. The first-order chi connectivity index (χ1) is 11.8. The first-order valence-corrected chi connectivity index (χ1v) is 9.42. The third-order valence-electron chi connectivity index (χ3n) is 3.44. The van der Waals surface area contributed by atoms with E-state index >= 15 is 0 Å². The van der Waals surface area contributed by atoms with Crippen LogP contribution in [0, 0.1) is 0 Å². The Bertz CT molecular complexity index is 707. The van der Waals surface area contributed by atoms with Gasteiger partial charge >= 0.3 is 0 Å². The Morgan fingerprint density at radius 1 is 0.958 bits per heavy atom. The minimum absolute atomic E-state index is 0.0999. The Morgan fingerprint density at radius 2 is 1.54 bits per heavy atom. The van der Waals surface area contributed by atoms with Gasteiger partial charge in [0.15, 0.2) is 4.34 Å². The SMILES string of the molecule is O=C(CSc1nncs1)N(Cc1ccccc1)Cc1ccccc1. The van der Waals surface area contributed by atoms with Crippen molar-refractivity contribution in [3.8, 4) is 0 Å². The molecule has 0 atom stereocenters. The van der Waals surface area contributed by atoms with Gasteiger partial charge in [-0.2, -0.15) is 0 Å². The van der Waals surface area contributed by atoms with Gasteiger partial charge in [-0.25, -0.2) is 0 Å². The highest BCUT2D eigenvalue weighted by atomic mass is 32.2. The van der Waals surface area contributed by atoms with Gasteiger partial charge in [0.1, 0.15) is 5.51 Å². The minimum atomic E-state index is 0.0999. The van der Waals surface area contributed by atoms with E-state index in [9.17, 15) is 4.79 Å². The zero-order chi connectivity index (χ0) is 16.6. The molecule has 24 heavy (non-hydrogen) atoms. The van der Waals surface area contributed by atoms with Crippen LogP contribution in [0.15, 0.2) is 70.5 Å². The molecule has 0 unspecified atom stereocenters. The summed E-state index contributed by atoms with van der Waals surface area (Å²) < 4.78 is 0.822. The molecule has 1 heterocycles. The Morgan fingerprint density at radius 3 is 2.04 bits per heavy atom. The summed E-state index contributed by atoms with van der Waals surface area (Å²) in [4.78, 5) is 14.6. The lowest BCUT2D eigenvalue weighted by Gasteiger charge is -2.23. The van der Waals surface area contributed by atoms with Gasteiger partial charge in [0.05, 0.1) is 5.75 Å². The maximum atomic E-state index is 12.7. The average molecular weight is 355 g/mol. The van der Waals surface area contributed by atoms with Crippen molar-refractivity contribution in [3.63, 3.8) is 0 Å². The van der Waals surface area contributed by atoms with Crippen LogP contribution in [0.1, 0.15) is 11.1 Å². The lowest BCUT2D eigenvalue weighted by Crippen LogP contribution is -2.31. The van der Waals surface area contributed by atoms with E-state index in [1.54, 1.807) is 5.51 Å². The predicted molar refractivity (Wildman–Crippen MR) is 97.8 cm³/mol. The summed E-state index contributed by atoms with van der Waals surface area (Å²) in [6, 6.07) is 20.1. The first-order valence-electron chi connectivity index (χ1n) is 7.56. The fourth-order valence-corrected chi connectivity index (χ4v) is 3.67. The van der Waals surface area contributed by atoms with Gasteiger partial charge in [-0.05, 0) is 11.1 Å². The summed E-state index contributed by atoms with van der Waals surface area (Å²) in [6.45, 7) is 1.20. The molecular weight excluding hydrogens is 338 g/mol. The summed E-state index contributed by atoms with van der Waals surface area (Å²) in [6.07, 6.45) is 0. The van der Waals surface area contributed by atoms with E-state index < -0.39 is 0 Å². The first kappa shape index (κ1) is 16.7. The Balaban J connectivity index is 1.69. The van der Waals surface area contributed by atoms with Crippen molar-refractivity contribution in [2.24, 2.45) is 0 Å². The van der Waals surface area contributed by atoms with Crippen molar-refractivity contribution >= 4 is 29.0 Å². The van der Waals surface area contributed by atoms with Crippen molar-refractivity contribution in [3.05, 3.63) is 77.3 Å². The van der Waals surface area contributed by atoms with E-state index in [-0.39, 0.29) is 5.91 Å². The fraction of sp³-hybridized carbons (Fsp3) is 0.167. The molecule has 0 bridgehead atoms. The molecule has 0 fully saturated rings. The topological polar surface area (TPSA) is 46.1 Å². The molecule has 122 valence electrons. The van der Waals surface area contributed by atoms with Crippen molar-refractivity contribution < 1.29 is 4.79 Å². The number of aromatic nitrogens is 2. The number of benzene rings is 2. The number of amides is 1. The molecule has 3 rings (SSSR count). The lowest BCUT2D eigenvalue weighted by molar-refractivity contribution is -0.129. The monoisotopic (exact) mass is 355 g/mol. The van der Waals surface area contributed by atoms with E-state index in [0.717, 1.165) is 15.5 Å². The largest absolute Gasteiger partial charge is 0.333 e. The number of rotatable bonds is 7. The van der Waals surface area contributed by atoms with Crippen LogP contribution in [0.2, 0.25) is 0 Å². The fourth-order valence-electron chi connectivity index (χ4n) is 2.28. The quantitative estimate of drug-likeness (QED) is 0.604. The molecule has 0 aliphatic carbocycles. The second-order valence-electron chi connectivity index (χ2n) is 5.21. The number of carbonyl (C=O) groups excluding carboxylic acids is 1. The zero-order valence-corrected chi connectivity index (χ0v) is 14.7. The molecule has 0 saturated heterocycles. The number of thioether (sulfide) groups is 1. The van der Waals surface area contributed by atoms with Crippen LogP contribution in [0.3, 0.4) is 0 Å². The van der Waals surface area contributed by atoms with Crippen molar-refractivity contribution in [2.45, 2.75) is 17.4 Å². The highest BCUT2D eigenvalue weighted by molar-refractivity contribution is 8.01. The molecule has 2 aromatic carbocycles. The summed E-state index contributed by atoms with van der Waals surface area (Å²) in [5, 5.41) is 7.78. The van der Waals surface area contributed by atoms with Gasteiger partial charge in [0.25, 0.3) is 0 Å². The van der Waals surface area contributed by atoms with E-state index in [2.05, 4.69) is 10.2 Å². The second kappa shape index (κ2) is 8.61. The average Bonchev–Trinajstić information content (AvgIpc) is 3.14. The number of nitrogens with zero attached hydrogens (tertiary/aromatic N) is 3. The third kappa shape index (κ3) is 4.91. The van der Waals surface area contributed by atoms with Gasteiger partial charge < -0.3 is 4.90 Å². The second-order valence-corrected chi connectivity index (χ2v) is 7.27. The van der Waals surface area contributed by atoms with Crippen molar-refractivity contribution in [1.82, 2.24) is 15.1 Å². The number of carbonyl (C=O) groups is 1. The van der Waals surface area contributed by atoms with Crippen LogP contribution < -0.4 is 0 Å². The summed E-state index contributed by atoms with van der Waals surface area (Å²) in [5.41, 5.74) is 3.93. The summed E-state index contributed by atoms with van der Waals surface area (Å²) in [5.74, 6) is 0.470. The maximum Gasteiger partial charge on any atom is 0.233 e. The molecular formula is C18H17N3OS2. The van der Waals surface area contributed by atoms with Gasteiger partial charge in [0, 0.05) is 13.1 Å². The van der Waals surface area contributed by atoms with Crippen LogP contribution in [-0.2, 0) is 17.9 Å². The normalized spacial score (nSPS) is 10.5. The van der Waals surface area contributed by atoms with E-state index in [0.29, 0.717) is 18.8 Å². The highest BCUT2D eigenvalue weighted by Gasteiger charge is 2.15. The molecule has 0 radical (unpaired) electrons. The highest BCUT2D eigenvalue weighted by Crippen LogP contribution is 2.20. The van der Waals surface area contributed by atoms with E-state index in [1.807, 2.05) is 65.6 Å². The molecule has 4 nitrogen and oxygen atoms in total. The Hall–Kier alpha value is -2.18. The predicted octanol–water partition coefficient (Wildman–Crippen LogP) is 3.86. The van der Waals surface area contributed by atoms with Gasteiger partial charge in [0.2, 0.25) is 5.91 Å².